The molecular weight excluding hydrogens is 378 g/mol. The second kappa shape index (κ2) is 8.00. The van der Waals surface area contributed by atoms with Crippen LogP contribution in [0.4, 0.5) is 5.82 Å². The number of rotatable bonds is 5. The molecule has 0 amide bonds. The summed E-state index contributed by atoms with van der Waals surface area (Å²) in [5.41, 5.74) is 8.96. The number of pyridine rings is 1. The van der Waals surface area contributed by atoms with Gasteiger partial charge in [0.2, 0.25) is 0 Å². The van der Waals surface area contributed by atoms with E-state index in [9.17, 15) is 0 Å². The monoisotopic (exact) mass is 407 g/mol. The zero-order valence-corrected chi connectivity index (χ0v) is 17.9. The van der Waals surface area contributed by atoms with Crippen LogP contribution >= 0.6 is 11.3 Å². The van der Waals surface area contributed by atoms with E-state index in [1.807, 2.05) is 23.6 Å². The van der Waals surface area contributed by atoms with Gasteiger partial charge in [0.05, 0.1) is 5.39 Å². The summed E-state index contributed by atoms with van der Waals surface area (Å²) < 4.78 is 0. The molecule has 6 heteroatoms. The quantitative estimate of drug-likeness (QED) is 0.677. The van der Waals surface area contributed by atoms with Crippen molar-refractivity contribution in [2.45, 2.75) is 56.9 Å². The first-order chi connectivity index (χ1) is 14.2. The summed E-state index contributed by atoms with van der Waals surface area (Å²) in [4.78, 5) is 18.4. The summed E-state index contributed by atoms with van der Waals surface area (Å²) in [5, 5.41) is 1.15. The van der Waals surface area contributed by atoms with Gasteiger partial charge in [0.25, 0.3) is 0 Å². The van der Waals surface area contributed by atoms with Crippen LogP contribution in [0.25, 0.3) is 10.2 Å². The van der Waals surface area contributed by atoms with Crippen molar-refractivity contribution >= 4 is 27.4 Å². The highest BCUT2D eigenvalue weighted by Crippen LogP contribution is 2.50. The molecule has 3 aromatic heterocycles. The molecule has 0 spiro atoms. The zero-order chi connectivity index (χ0) is 19.8. The van der Waals surface area contributed by atoms with Crippen LogP contribution in [0.3, 0.4) is 0 Å². The molecule has 0 aliphatic heterocycles. The van der Waals surface area contributed by atoms with Gasteiger partial charge in [-0.1, -0.05) is 12.5 Å². The fraction of sp³-hybridized carbons (Fsp3) is 0.522. The number of nitrogen functional groups attached to an aromatic ring is 1. The van der Waals surface area contributed by atoms with Crippen LogP contribution in [0, 0.1) is 5.92 Å². The minimum Gasteiger partial charge on any atom is -0.383 e. The highest BCUT2D eigenvalue weighted by molar-refractivity contribution is 7.19. The Bertz CT molecular complexity index is 986. The van der Waals surface area contributed by atoms with Crippen molar-refractivity contribution in [1.82, 2.24) is 19.9 Å². The normalized spacial score (nSPS) is 24.3. The number of thiophene rings is 1. The number of nitrogens with two attached hydrogens (primary N) is 1. The Hall–Kier alpha value is -2.05. The average Bonchev–Trinajstić information content (AvgIpc) is 3.32. The largest absolute Gasteiger partial charge is 0.383 e. The van der Waals surface area contributed by atoms with E-state index in [0.717, 1.165) is 29.1 Å². The van der Waals surface area contributed by atoms with Crippen molar-refractivity contribution in [3.05, 3.63) is 46.9 Å². The number of aromatic nitrogens is 3. The zero-order valence-electron chi connectivity index (χ0n) is 17.1. The lowest BCUT2D eigenvalue weighted by atomic mass is 9.75. The summed E-state index contributed by atoms with van der Waals surface area (Å²) in [6.45, 7) is 1.08. The van der Waals surface area contributed by atoms with E-state index in [-0.39, 0.29) is 0 Å². The fourth-order valence-corrected chi connectivity index (χ4v) is 6.72. The summed E-state index contributed by atoms with van der Waals surface area (Å²) in [5.74, 6) is 2.03. The second-order valence-electron chi connectivity index (χ2n) is 8.66. The summed E-state index contributed by atoms with van der Waals surface area (Å²) in [6.07, 6.45) is 12.2. The van der Waals surface area contributed by atoms with Crippen molar-refractivity contribution in [2.24, 2.45) is 5.92 Å². The van der Waals surface area contributed by atoms with E-state index in [2.05, 4.69) is 39.0 Å². The van der Waals surface area contributed by atoms with E-state index in [1.165, 1.54) is 54.7 Å². The van der Waals surface area contributed by atoms with E-state index in [1.54, 1.807) is 6.33 Å². The van der Waals surface area contributed by atoms with Crippen LogP contribution in [0.5, 0.6) is 0 Å². The van der Waals surface area contributed by atoms with Gasteiger partial charge in [-0.3, -0.25) is 4.98 Å². The Balaban J connectivity index is 1.30. The number of hydrogen-bond acceptors (Lipinski definition) is 6. The van der Waals surface area contributed by atoms with Crippen molar-refractivity contribution in [3.8, 4) is 0 Å². The molecule has 0 radical (unpaired) electrons. The minimum absolute atomic E-state index is 0.624. The molecule has 2 aliphatic rings. The smallest absolute Gasteiger partial charge is 0.135 e. The first-order valence-electron chi connectivity index (χ1n) is 10.8. The summed E-state index contributed by atoms with van der Waals surface area (Å²) in [7, 11) is 2.29. The van der Waals surface area contributed by atoms with Gasteiger partial charge in [-0.05, 0) is 68.7 Å². The van der Waals surface area contributed by atoms with Gasteiger partial charge in [0.15, 0.2) is 0 Å². The molecule has 152 valence electrons. The number of likely N-dealkylation sites (N-methyl/N-ethyl adjacent to an activating group) is 1. The number of aryl methyl sites for hydroxylation is 1. The number of fused-ring (bicyclic) bond motifs is 3. The molecular formula is C23H29N5S. The molecule has 29 heavy (non-hydrogen) atoms. The Kier molecular flexibility index (Phi) is 5.22. The first-order valence-corrected chi connectivity index (χ1v) is 11.6. The number of anilines is 1. The van der Waals surface area contributed by atoms with Crippen LogP contribution in [0.2, 0.25) is 0 Å². The maximum Gasteiger partial charge on any atom is 0.135 e. The topological polar surface area (TPSA) is 67.9 Å². The molecule has 5 rings (SSSR count). The van der Waals surface area contributed by atoms with Crippen LogP contribution in [-0.2, 0) is 12.8 Å². The summed E-state index contributed by atoms with van der Waals surface area (Å²) in [6, 6.07) is 6.86. The van der Waals surface area contributed by atoms with Crippen LogP contribution in [0.15, 0.2) is 30.7 Å². The lowest BCUT2D eigenvalue weighted by Crippen LogP contribution is -2.38. The van der Waals surface area contributed by atoms with E-state index in [4.69, 9.17) is 5.73 Å². The molecule has 0 saturated heterocycles. The fourth-order valence-electron chi connectivity index (χ4n) is 5.49. The Morgan fingerprint density at radius 1 is 1.17 bits per heavy atom. The van der Waals surface area contributed by atoms with Gasteiger partial charge in [-0.2, -0.15) is 0 Å². The molecule has 3 atom stereocenters. The third-order valence-electron chi connectivity index (χ3n) is 7.01. The van der Waals surface area contributed by atoms with Crippen LogP contribution in [-0.4, -0.2) is 39.5 Å². The predicted molar refractivity (Wildman–Crippen MR) is 119 cm³/mol. The van der Waals surface area contributed by atoms with E-state index >= 15 is 0 Å². The predicted octanol–water partition coefficient (Wildman–Crippen LogP) is 4.43. The Morgan fingerprint density at radius 2 is 2.10 bits per heavy atom. The van der Waals surface area contributed by atoms with Gasteiger partial charge in [-0.25, -0.2) is 9.97 Å². The van der Waals surface area contributed by atoms with Crippen molar-refractivity contribution in [1.29, 1.82) is 0 Å². The molecule has 0 aromatic carbocycles. The average molecular weight is 408 g/mol. The van der Waals surface area contributed by atoms with E-state index in [0.29, 0.717) is 17.8 Å². The molecule has 1 fully saturated rings. The highest BCUT2D eigenvalue weighted by atomic mass is 32.1. The van der Waals surface area contributed by atoms with Gasteiger partial charge < -0.3 is 10.6 Å². The van der Waals surface area contributed by atoms with Crippen molar-refractivity contribution < 1.29 is 0 Å². The van der Waals surface area contributed by atoms with Gasteiger partial charge in [-0.15, -0.1) is 11.3 Å². The SMILES string of the molecule is CN(CCc1ccccn1)[C@H]1CCCC(C2CCc3sc4ncnc(N)c4c32)C1. The highest BCUT2D eigenvalue weighted by Gasteiger charge is 2.37. The first kappa shape index (κ1) is 18.9. The minimum atomic E-state index is 0.624. The molecule has 2 aliphatic carbocycles. The lowest BCUT2D eigenvalue weighted by molar-refractivity contribution is 0.146. The molecule has 0 bridgehead atoms. The molecule has 1 saturated carbocycles. The summed E-state index contributed by atoms with van der Waals surface area (Å²) >= 11 is 1.83. The standard InChI is InChI=1S/C23H29N5S/c1-28(12-10-16-6-2-3-11-25-16)17-7-4-5-15(13-17)18-8-9-19-20(18)21-22(24)26-14-27-23(21)29-19/h2-3,6,11,14-15,17-18H,4-5,7-10,12-13H2,1H3,(H2,24,26,27)/t15?,17-,18?/m0/s1. The van der Waals surface area contributed by atoms with Gasteiger partial charge in [0, 0.05) is 35.8 Å². The molecule has 2 unspecified atom stereocenters. The molecule has 5 nitrogen and oxygen atoms in total. The Labute approximate surface area is 176 Å². The third-order valence-corrected chi connectivity index (χ3v) is 8.18. The molecule has 2 N–H and O–H groups in total. The third kappa shape index (κ3) is 3.64. The molecule has 3 heterocycles. The lowest BCUT2D eigenvalue weighted by Gasteiger charge is -2.38. The maximum atomic E-state index is 6.28. The maximum absolute atomic E-state index is 6.28. The van der Waals surface area contributed by atoms with Gasteiger partial charge in [0.1, 0.15) is 17.0 Å². The number of hydrogen-bond donors (Lipinski definition) is 1. The van der Waals surface area contributed by atoms with Crippen molar-refractivity contribution in [2.75, 3.05) is 19.3 Å². The van der Waals surface area contributed by atoms with Crippen LogP contribution in [0.1, 0.15) is 54.2 Å². The van der Waals surface area contributed by atoms with E-state index < -0.39 is 0 Å². The number of nitrogens with zero attached hydrogens (tertiary/aromatic N) is 4. The van der Waals surface area contributed by atoms with Crippen molar-refractivity contribution in [3.63, 3.8) is 0 Å². The van der Waals surface area contributed by atoms with Crippen LogP contribution < -0.4 is 5.73 Å². The Morgan fingerprint density at radius 3 is 2.97 bits per heavy atom. The second-order valence-corrected chi connectivity index (χ2v) is 9.74. The molecule has 3 aromatic rings. The van der Waals surface area contributed by atoms with Gasteiger partial charge >= 0.3 is 0 Å².